The zero-order chi connectivity index (χ0) is 18.4. The SMILES string of the molecule is Cc1ccc(C(=O)C=Cc2ccc(OC(=O)c3cccnc3)cc2)cc1. The number of pyridine rings is 1. The van der Waals surface area contributed by atoms with Crippen molar-refractivity contribution < 1.29 is 14.3 Å². The minimum absolute atomic E-state index is 0.0583. The Kier molecular flexibility index (Phi) is 5.34. The standard InChI is InChI=1S/C22H17NO3/c1-16-4-9-18(10-5-16)21(24)13-8-17-6-11-20(12-7-17)26-22(25)19-3-2-14-23-15-19/h2-15H,1H3. The van der Waals surface area contributed by atoms with Crippen LogP contribution < -0.4 is 4.74 Å². The lowest BCUT2D eigenvalue weighted by molar-refractivity contribution is 0.0734. The minimum Gasteiger partial charge on any atom is -0.423 e. The predicted molar refractivity (Wildman–Crippen MR) is 100 cm³/mol. The smallest absolute Gasteiger partial charge is 0.345 e. The van der Waals surface area contributed by atoms with E-state index in [1.54, 1.807) is 48.7 Å². The van der Waals surface area contributed by atoms with Gasteiger partial charge in [-0.2, -0.15) is 0 Å². The zero-order valence-electron chi connectivity index (χ0n) is 14.3. The Labute approximate surface area is 151 Å². The number of benzene rings is 2. The number of aryl methyl sites for hydroxylation is 1. The fourth-order valence-corrected chi connectivity index (χ4v) is 2.28. The number of ether oxygens (including phenoxy) is 1. The second-order valence-corrected chi connectivity index (χ2v) is 5.76. The molecular formula is C22H17NO3. The molecule has 1 aromatic heterocycles. The van der Waals surface area contributed by atoms with Gasteiger partial charge in [-0.15, -0.1) is 0 Å². The quantitative estimate of drug-likeness (QED) is 0.296. The van der Waals surface area contributed by atoms with E-state index in [0.29, 0.717) is 16.9 Å². The van der Waals surface area contributed by atoms with Gasteiger partial charge in [-0.25, -0.2) is 4.79 Å². The van der Waals surface area contributed by atoms with Crippen LogP contribution in [0.3, 0.4) is 0 Å². The van der Waals surface area contributed by atoms with Gasteiger partial charge in [0.1, 0.15) is 5.75 Å². The second-order valence-electron chi connectivity index (χ2n) is 5.76. The molecule has 0 unspecified atom stereocenters. The lowest BCUT2D eigenvalue weighted by Gasteiger charge is -2.04. The van der Waals surface area contributed by atoms with Gasteiger partial charge in [-0.3, -0.25) is 9.78 Å². The van der Waals surface area contributed by atoms with Crippen molar-refractivity contribution in [3.8, 4) is 5.75 Å². The molecule has 0 radical (unpaired) electrons. The monoisotopic (exact) mass is 343 g/mol. The molecule has 26 heavy (non-hydrogen) atoms. The minimum atomic E-state index is -0.462. The van der Waals surface area contributed by atoms with Crippen LogP contribution in [0.5, 0.6) is 5.75 Å². The van der Waals surface area contributed by atoms with Crippen molar-refractivity contribution in [2.24, 2.45) is 0 Å². The first-order valence-corrected chi connectivity index (χ1v) is 8.13. The van der Waals surface area contributed by atoms with E-state index in [9.17, 15) is 9.59 Å². The van der Waals surface area contributed by atoms with E-state index in [0.717, 1.165) is 11.1 Å². The van der Waals surface area contributed by atoms with E-state index in [1.807, 2.05) is 31.2 Å². The Morgan fingerprint density at radius 2 is 1.65 bits per heavy atom. The molecule has 128 valence electrons. The van der Waals surface area contributed by atoms with Crippen molar-refractivity contribution in [3.05, 3.63) is 101 Å². The van der Waals surface area contributed by atoms with Crippen LogP contribution in [0.1, 0.15) is 31.8 Å². The van der Waals surface area contributed by atoms with Gasteiger partial charge >= 0.3 is 5.97 Å². The molecule has 3 aromatic rings. The van der Waals surface area contributed by atoms with Crippen molar-refractivity contribution in [2.45, 2.75) is 6.92 Å². The molecule has 0 saturated heterocycles. The Hall–Kier alpha value is -3.53. The van der Waals surface area contributed by atoms with E-state index in [-0.39, 0.29) is 5.78 Å². The molecule has 0 fully saturated rings. The highest BCUT2D eigenvalue weighted by molar-refractivity contribution is 6.06. The highest BCUT2D eigenvalue weighted by Crippen LogP contribution is 2.15. The molecule has 2 aromatic carbocycles. The average molecular weight is 343 g/mol. The van der Waals surface area contributed by atoms with Crippen molar-refractivity contribution in [1.82, 2.24) is 4.98 Å². The molecule has 0 aliphatic rings. The molecule has 0 atom stereocenters. The van der Waals surface area contributed by atoms with Gasteiger partial charge in [0.05, 0.1) is 5.56 Å². The maximum Gasteiger partial charge on any atom is 0.345 e. The molecule has 0 N–H and O–H groups in total. The fraction of sp³-hybridized carbons (Fsp3) is 0.0455. The van der Waals surface area contributed by atoms with Crippen LogP contribution >= 0.6 is 0 Å². The van der Waals surface area contributed by atoms with E-state index < -0.39 is 5.97 Å². The fourth-order valence-electron chi connectivity index (χ4n) is 2.28. The summed E-state index contributed by atoms with van der Waals surface area (Å²) in [7, 11) is 0. The Morgan fingerprint density at radius 3 is 2.31 bits per heavy atom. The number of hydrogen-bond donors (Lipinski definition) is 0. The second kappa shape index (κ2) is 8.03. The number of aromatic nitrogens is 1. The Morgan fingerprint density at radius 1 is 0.923 bits per heavy atom. The van der Waals surface area contributed by atoms with Gasteiger partial charge in [0.15, 0.2) is 5.78 Å². The van der Waals surface area contributed by atoms with Gasteiger partial charge in [-0.1, -0.05) is 48.0 Å². The number of esters is 1. The summed E-state index contributed by atoms with van der Waals surface area (Å²) in [6.07, 6.45) is 6.31. The Bertz CT molecular complexity index is 927. The third-order valence-electron chi connectivity index (χ3n) is 3.75. The first-order valence-electron chi connectivity index (χ1n) is 8.13. The first-order chi connectivity index (χ1) is 12.6. The third-order valence-corrected chi connectivity index (χ3v) is 3.75. The van der Waals surface area contributed by atoms with E-state index in [2.05, 4.69) is 4.98 Å². The van der Waals surface area contributed by atoms with E-state index >= 15 is 0 Å². The summed E-state index contributed by atoms with van der Waals surface area (Å²) in [5.74, 6) is -0.0890. The van der Waals surface area contributed by atoms with Gasteiger partial charge in [0, 0.05) is 18.0 Å². The molecule has 0 saturated carbocycles. The Balaban J connectivity index is 1.63. The van der Waals surface area contributed by atoms with Crippen LogP contribution in [0.25, 0.3) is 6.08 Å². The van der Waals surface area contributed by atoms with Crippen LogP contribution in [0.15, 0.2) is 79.1 Å². The molecule has 0 aliphatic carbocycles. The van der Waals surface area contributed by atoms with Crippen LogP contribution in [-0.4, -0.2) is 16.7 Å². The van der Waals surface area contributed by atoms with Crippen molar-refractivity contribution in [2.75, 3.05) is 0 Å². The summed E-state index contributed by atoms with van der Waals surface area (Å²) < 4.78 is 5.29. The molecule has 0 amide bonds. The number of allylic oxidation sites excluding steroid dienone is 1. The number of carbonyl (C=O) groups is 2. The summed E-state index contributed by atoms with van der Waals surface area (Å²) in [6.45, 7) is 1.98. The van der Waals surface area contributed by atoms with Gasteiger partial charge in [-0.05, 0) is 42.8 Å². The summed E-state index contributed by atoms with van der Waals surface area (Å²) in [5, 5.41) is 0. The molecule has 4 heteroatoms. The first kappa shape index (κ1) is 17.3. The highest BCUT2D eigenvalue weighted by Gasteiger charge is 2.08. The summed E-state index contributed by atoms with van der Waals surface area (Å²) >= 11 is 0. The molecular weight excluding hydrogens is 326 g/mol. The van der Waals surface area contributed by atoms with Gasteiger partial charge in [0.25, 0.3) is 0 Å². The average Bonchev–Trinajstić information content (AvgIpc) is 2.68. The van der Waals surface area contributed by atoms with Crippen molar-refractivity contribution >= 4 is 17.8 Å². The van der Waals surface area contributed by atoms with E-state index in [1.165, 1.54) is 12.3 Å². The van der Waals surface area contributed by atoms with Crippen LogP contribution in [-0.2, 0) is 0 Å². The van der Waals surface area contributed by atoms with Crippen molar-refractivity contribution in [1.29, 1.82) is 0 Å². The summed E-state index contributed by atoms with van der Waals surface area (Å²) in [6, 6.07) is 17.7. The number of hydrogen-bond acceptors (Lipinski definition) is 4. The largest absolute Gasteiger partial charge is 0.423 e. The maximum atomic E-state index is 12.1. The zero-order valence-corrected chi connectivity index (χ0v) is 14.3. The van der Waals surface area contributed by atoms with Gasteiger partial charge in [0.2, 0.25) is 0 Å². The molecule has 0 aliphatic heterocycles. The number of ketones is 1. The van der Waals surface area contributed by atoms with Gasteiger partial charge < -0.3 is 4.74 Å². The molecule has 4 nitrogen and oxygen atoms in total. The molecule has 3 rings (SSSR count). The predicted octanol–water partition coefficient (Wildman–Crippen LogP) is 4.51. The number of rotatable bonds is 5. The normalized spacial score (nSPS) is 10.7. The molecule has 0 bridgehead atoms. The van der Waals surface area contributed by atoms with Crippen LogP contribution in [0.4, 0.5) is 0 Å². The third kappa shape index (κ3) is 4.51. The maximum absolute atomic E-state index is 12.1. The molecule has 0 spiro atoms. The topological polar surface area (TPSA) is 56.3 Å². The number of carbonyl (C=O) groups excluding carboxylic acids is 2. The summed E-state index contributed by atoms with van der Waals surface area (Å²) in [4.78, 5) is 28.0. The lowest BCUT2D eigenvalue weighted by atomic mass is 10.1. The highest BCUT2D eigenvalue weighted by atomic mass is 16.5. The summed E-state index contributed by atoms with van der Waals surface area (Å²) in [5.41, 5.74) is 2.99. The van der Waals surface area contributed by atoms with Crippen LogP contribution in [0.2, 0.25) is 0 Å². The molecule has 1 heterocycles. The van der Waals surface area contributed by atoms with Crippen molar-refractivity contribution in [3.63, 3.8) is 0 Å². The van der Waals surface area contributed by atoms with E-state index in [4.69, 9.17) is 4.74 Å². The van der Waals surface area contributed by atoms with Crippen LogP contribution in [0, 0.1) is 6.92 Å². The lowest BCUT2D eigenvalue weighted by Crippen LogP contribution is -2.08. The number of nitrogens with zero attached hydrogens (tertiary/aromatic N) is 1.